The Labute approximate surface area is 141 Å². The van der Waals surface area contributed by atoms with Crippen molar-refractivity contribution < 1.29 is 0 Å². The van der Waals surface area contributed by atoms with Crippen molar-refractivity contribution >= 4 is 11.2 Å². The van der Waals surface area contributed by atoms with Crippen LogP contribution in [0.25, 0.3) is 28.2 Å². The van der Waals surface area contributed by atoms with Gasteiger partial charge >= 0.3 is 0 Å². The Kier molecular flexibility index (Phi) is 3.62. The van der Waals surface area contributed by atoms with Gasteiger partial charge in [-0.2, -0.15) is 0 Å². The Morgan fingerprint density at radius 2 is 1.54 bits per heavy atom. The van der Waals surface area contributed by atoms with Crippen LogP contribution in [-0.2, 0) is 0 Å². The molecule has 0 unspecified atom stereocenters. The Balaban J connectivity index is 2.05. The smallest absolute Gasteiger partial charge is 0.178 e. The summed E-state index contributed by atoms with van der Waals surface area (Å²) in [5, 5.41) is 0. The summed E-state index contributed by atoms with van der Waals surface area (Å²) >= 11 is 0. The Hall–Kier alpha value is -2.94. The van der Waals surface area contributed by atoms with Gasteiger partial charge in [-0.05, 0) is 29.7 Å². The molecule has 0 bridgehead atoms. The molecule has 3 heteroatoms. The van der Waals surface area contributed by atoms with Gasteiger partial charge in [-0.15, -0.1) is 0 Å². The van der Waals surface area contributed by atoms with E-state index in [1.807, 2.05) is 30.5 Å². The fourth-order valence-corrected chi connectivity index (χ4v) is 2.91. The fraction of sp³-hybridized carbons (Fsp3) is 0.143. The number of benzene rings is 2. The molecule has 0 saturated heterocycles. The molecule has 2 aromatic heterocycles. The van der Waals surface area contributed by atoms with Crippen LogP contribution in [0.5, 0.6) is 0 Å². The van der Waals surface area contributed by atoms with Crippen LogP contribution >= 0.6 is 0 Å². The van der Waals surface area contributed by atoms with Crippen molar-refractivity contribution in [2.24, 2.45) is 0 Å². The van der Waals surface area contributed by atoms with Crippen molar-refractivity contribution in [1.82, 2.24) is 14.5 Å². The molecule has 2 aromatic carbocycles. The van der Waals surface area contributed by atoms with Gasteiger partial charge in [-0.25, -0.2) is 9.97 Å². The largest absolute Gasteiger partial charge is 0.291 e. The SMILES string of the molecule is CC(C)c1cnc2nc(-c3ccccc3)n(-c3ccccc3)c2c1. The Morgan fingerprint density at radius 1 is 0.875 bits per heavy atom. The van der Waals surface area contributed by atoms with E-state index in [9.17, 15) is 0 Å². The standard InChI is InChI=1S/C21H19N3/c1-15(2)17-13-19-20(22-14-17)23-21(16-9-5-3-6-10-16)24(19)18-11-7-4-8-12-18/h3-15H,1-2H3. The van der Waals surface area contributed by atoms with Crippen LogP contribution in [0.2, 0.25) is 0 Å². The number of aromatic nitrogens is 3. The molecule has 0 aliphatic rings. The zero-order chi connectivity index (χ0) is 16.5. The van der Waals surface area contributed by atoms with E-state index >= 15 is 0 Å². The number of hydrogen-bond donors (Lipinski definition) is 0. The van der Waals surface area contributed by atoms with Gasteiger partial charge in [0, 0.05) is 17.4 Å². The van der Waals surface area contributed by atoms with Gasteiger partial charge in [0.1, 0.15) is 5.82 Å². The molecule has 0 fully saturated rings. The monoisotopic (exact) mass is 313 g/mol. The number of hydrogen-bond acceptors (Lipinski definition) is 2. The summed E-state index contributed by atoms with van der Waals surface area (Å²) in [5.74, 6) is 1.35. The Bertz CT molecular complexity index is 970. The minimum Gasteiger partial charge on any atom is -0.291 e. The summed E-state index contributed by atoms with van der Waals surface area (Å²) in [6.45, 7) is 4.37. The summed E-state index contributed by atoms with van der Waals surface area (Å²) in [7, 11) is 0. The van der Waals surface area contributed by atoms with Crippen molar-refractivity contribution in [1.29, 1.82) is 0 Å². The molecule has 0 atom stereocenters. The van der Waals surface area contributed by atoms with Gasteiger partial charge in [-0.1, -0.05) is 62.4 Å². The van der Waals surface area contributed by atoms with E-state index in [0.29, 0.717) is 5.92 Å². The van der Waals surface area contributed by atoms with Gasteiger partial charge in [0.15, 0.2) is 5.65 Å². The summed E-state index contributed by atoms with van der Waals surface area (Å²) in [5.41, 5.74) is 5.24. The molecule has 0 saturated carbocycles. The van der Waals surface area contributed by atoms with Crippen LogP contribution in [0, 0.1) is 0 Å². The average Bonchev–Trinajstić information content (AvgIpc) is 3.01. The second-order valence-corrected chi connectivity index (χ2v) is 6.24. The molecular formula is C21H19N3. The number of imidazole rings is 1. The minimum atomic E-state index is 0.432. The van der Waals surface area contributed by atoms with Crippen molar-refractivity contribution in [2.75, 3.05) is 0 Å². The number of rotatable bonds is 3. The molecule has 0 radical (unpaired) electrons. The third-order valence-electron chi connectivity index (χ3n) is 4.25. The van der Waals surface area contributed by atoms with Crippen LogP contribution in [0.4, 0.5) is 0 Å². The number of nitrogens with zero attached hydrogens (tertiary/aromatic N) is 3. The fourth-order valence-electron chi connectivity index (χ4n) is 2.91. The highest BCUT2D eigenvalue weighted by Gasteiger charge is 2.16. The average molecular weight is 313 g/mol. The Morgan fingerprint density at radius 3 is 2.21 bits per heavy atom. The van der Waals surface area contributed by atoms with Crippen molar-refractivity contribution in [3.63, 3.8) is 0 Å². The predicted octanol–water partition coefficient (Wildman–Crippen LogP) is 5.21. The molecule has 3 nitrogen and oxygen atoms in total. The van der Waals surface area contributed by atoms with Crippen molar-refractivity contribution in [3.05, 3.63) is 78.5 Å². The maximum absolute atomic E-state index is 4.81. The topological polar surface area (TPSA) is 30.7 Å². The third-order valence-corrected chi connectivity index (χ3v) is 4.25. The third kappa shape index (κ3) is 2.48. The summed E-state index contributed by atoms with van der Waals surface area (Å²) < 4.78 is 2.20. The van der Waals surface area contributed by atoms with E-state index in [-0.39, 0.29) is 0 Å². The first-order valence-electron chi connectivity index (χ1n) is 8.23. The van der Waals surface area contributed by atoms with Gasteiger partial charge in [-0.3, -0.25) is 4.57 Å². The van der Waals surface area contributed by atoms with E-state index in [2.05, 4.69) is 65.9 Å². The number of pyridine rings is 1. The highest BCUT2D eigenvalue weighted by Crippen LogP contribution is 2.29. The first-order valence-corrected chi connectivity index (χ1v) is 8.23. The first-order chi connectivity index (χ1) is 11.7. The molecule has 4 rings (SSSR count). The molecule has 0 aliphatic carbocycles. The van der Waals surface area contributed by atoms with E-state index < -0.39 is 0 Å². The molecule has 24 heavy (non-hydrogen) atoms. The maximum atomic E-state index is 4.81. The predicted molar refractivity (Wildman–Crippen MR) is 98.4 cm³/mol. The highest BCUT2D eigenvalue weighted by molar-refractivity contribution is 5.80. The maximum Gasteiger partial charge on any atom is 0.178 e. The molecular weight excluding hydrogens is 294 g/mol. The summed E-state index contributed by atoms with van der Waals surface area (Å²) in [4.78, 5) is 9.41. The van der Waals surface area contributed by atoms with E-state index in [1.54, 1.807) is 0 Å². The summed E-state index contributed by atoms with van der Waals surface area (Å²) in [6, 6.07) is 22.8. The molecule has 4 aromatic rings. The van der Waals surface area contributed by atoms with Crippen LogP contribution in [0.15, 0.2) is 72.9 Å². The van der Waals surface area contributed by atoms with Crippen LogP contribution < -0.4 is 0 Å². The van der Waals surface area contributed by atoms with Gasteiger partial charge in [0.25, 0.3) is 0 Å². The van der Waals surface area contributed by atoms with Crippen molar-refractivity contribution in [2.45, 2.75) is 19.8 Å². The van der Waals surface area contributed by atoms with Gasteiger partial charge in [0.05, 0.1) is 5.52 Å². The van der Waals surface area contributed by atoms with Crippen LogP contribution in [0.3, 0.4) is 0 Å². The lowest BCUT2D eigenvalue weighted by Crippen LogP contribution is -1.98. The zero-order valence-electron chi connectivity index (χ0n) is 13.8. The van der Waals surface area contributed by atoms with Crippen LogP contribution in [-0.4, -0.2) is 14.5 Å². The first kappa shape index (κ1) is 14.6. The number of fused-ring (bicyclic) bond motifs is 1. The van der Waals surface area contributed by atoms with Gasteiger partial charge in [0.2, 0.25) is 0 Å². The van der Waals surface area contributed by atoms with Crippen molar-refractivity contribution in [3.8, 4) is 17.1 Å². The van der Waals surface area contributed by atoms with E-state index in [1.165, 1.54) is 5.56 Å². The van der Waals surface area contributed by atoms with Crippen LogP contribution in [0.1, 0.15) is 25.3 Å². The normalized spacial score (nSPS) is 11.3. The molecule has 0 amide bonds. The molecule has 0 spiro atoms. The quantitative estimate of drug-likeness (QED) is 0.520. The highest BCUT2D eigenvalue weighted by atomic mass is 15.1. The van der Waals surface area contributed by atoms with E-state index in [4.69, 9.17) is 4.98 Å². The lowest BCUT2D eigenvalue weighted by Gasteiger charge is -2.10. The minimum absolute atomic E-state index is 0.432. The second kappa shape index (κ2) is 5.93. The molecule has 2 heterocycles. The lowest BCUT2D eigenvalue weighted by atomic mass is 10.1. The molecule has 0 N–H and O–H groups in total. The second-order valence-electron chi connectivity index (χ2n) is 6.24. The lowest BCUT2D eigenvalue weighted by molar-refractivity contribution is 0.860. The van der Waals surface area contributed by atoms with Gasteiger partial charge < -0.3 is 0 Å². The number of para-hydroxylation sites is 1. The molecule has 118 valence electrons. The summed E-state index contributed by atoms with van der Waals surface area (Å²) in [6.07, 6.45) is 1.93. The molecule has 0 aliphatic heterocycles. The zero-order valence-corrected chi connectivity index (χ0v) is 13.8. The van der Waals surface area contributed by atoms with E-state index in [0.717, 1.165) is 28.2 Å².